The largest absolute Gasteiger partial charge is 0.339 e. The van der Waals surface area contributed by atoms with Crippen molar-refractivity contribution in [3.8, 4) is 0 Å². The van der Waals surface area contributed by atoms with Gasteiger partial charge in [0.1, 0.15) is 0 Å². The number of rotatable bonds is 3. The van der Waals surface area contributed by atoms with Crippen LogP contribution in [0, 0.1) is 11.8 Å². The minimum Gasteiger partial charge on any atom is -0.339 e. The van der Waals surface area contributed by atoms with Gasteiger partial charge in [0.2, 0.25) is 5.91 Å². The molecule has 2 amide bonds. The monoisotopic (exact) mass is 379 g/mol. The van der Waals surface area contributed by atoms with Crippen LogP contribution in [0.4, 0.5) is 5.69 Å². The average Bonchev–Trinajstić information content (AvgIpc) is 2.62. The van der Waals surface area contributed by atoms with E-state index in [9.17, 15) is 9.59 Å². The fourth-order valence-corrected chi connectivity index (χ4v) is 3.86. The molecule has 0 aromatic heterocycles. The first-order valence-corrected chi connectivity index (χ1v) is 9.49. The summed E-state index contributed by atoms with van der Waals surface area (Å²) in [4.78, 5) is 27.4. The predicted molar refractivity (Wildman–Crippen MR) is 107 cm³/mol. The molecule has 2 fully saturated rings. The molecule has 1 aromatic carbocycles. The maximum absolute atomic E-state index is 12.9. The number of nitrogens with one attached hydrogen (secondary N) is 1. The van der Waals surface area contributed by atoms with Crippen molar-refractivity contribution in [2.75, 3.05) is 18.4 Å². The van der Waals surface area contributed by atoms with Gasteiger partial charge in [0.25, 0.3) is 5.91 Å². The van der Waals surface area contributed by atoms with Gasteiger partial charge in [-0.05, 0) is 50.2 Å². The molecule has 0 radical (unpaired) electrons. The van der Waals surface area contributed by atoms with Gasteiger partial charge in [0, 0.05) is 25.0 Å². The summed E-state index contributed by atoms with van der Waals surface area (Å²) >= 11 is 0. The van der Waals surface area contributed by atoms with Gasteiger partial charge in [-0.3, -0.25) is 9.59 Å². The number of nitrogens with two attached hydrogens (primary N) is 1. The number of para-hydroxylation sites is 1. The second-order valence-electron chi connectivity index (χ2n) is 7.63. The highest BCUT2D eigenvalue weighted by molar-refractivity contribution is 6.04. The molecule has 6 heteroatoms. The summed E-state index contributed by atoms with van der Waals surface area (Å²) < 4.78 is 0. The number of carbonyl (C=O) groups excluding carboxylic acids is 2. The summed E-state index contributed by atoms with van der Waals surface area (Å²) in [5, 5.41) is 2.99. The molecule has 2 aliphatic rings. The number of carbonyl (C=O) groups is 2. The number of piperidine rings is 1. The fraction of sp³-hybridized carbons (Fsp3) is 0.600. The van der Waals surface area contributed by atoms with E-state index in [1.165, 1.54) is 0 Å². The lowest BCUT2D eigenvalue weighted by atomic mass is 9.85. The lowest BCUT2D eigenvalue weighted by molar-refractivity contribution is -0.120. The Kier molecular flexibility index (Phi) is 7.47. The Morgan fingerprint density at radius 2 is 1.81 bits per heavy atom. The van der Waals surface area contributed by atoms with E-state index in [4.69, 9.17) is 5.73 Å². The van der Waals surface area contributed by atoms with Crippen molar-refractivity contribution in [1.82, 2.24) is 4.90 Å². The van der Waals surface area contributed by atoms with Crippen LogP contribution in [-0.4, -0.2) is 35.8 Å². The third kappa shape index (κ3) is 4.98. The topological polar surface area (TPSA) is 75.4 Å². The summed E-state index contributed by atoms with van der Waals surface area (Å²) in [5.41, 5.74) is 7.21. The van der Waals surface area contributed by atoms with Crippen LogP contribution in [0.15, 0.2) is 24.3 Å². The molecule has 1 aliphatic carbocycles. The third-order valence-corrected chi connectivity index (χ3v) is 5.57. The Bertz CT molecular complexity index is 629. The highest BCUT2D eigenvalue weighted by atomic mass is 35.5. The van der Waals surface area contributed by atoms with Crippen molar-refractivity contribution in [2.45, 2.75) is 51.5 Å². The Labute approximate surface area is 162 Å². The standard InChI is InChI=1S/C20H29N3O2.ClH/c1-14-9-11-23(12-10-14)20(25)17-7-2-3-8-18(17)22-19(24)15-5-4-6-16(21)13-15;/h2-3,7-8,14-16H,4-6,9-13,21H2,1H3,(H,22,24);1H. The van der Waals surface area contributed by atoms with Gasteiger partial charge in [-0.1, -0.05) is 25.5 Å². The SMILES string of the molecule is CC1CCN(C(=O)c2ccccc2NC(=O)C2CCCC(N)C2)CC1.Cl. The lowest BCUT2D eigenvalue weighted by Gasteiger charge is -2.31. The average molecular weight is 380 g/mol. The molecule has 26 heavy (non-hydrogen) atoms. The van der Waals surface area contributed by atoms with Crippen LogP contribution in [0.1, 0.15) is 55.8 Å². The molecule has 1 saturated carbocycles. The summed E-state index contributed by atoms with van der Waals surface area (Å²) in [5.74, 6) is 0.628. The van der Waals surface area contributed by atoms with Crippen LogP contribution in [0.5, 0.6) is 0 Å². The van der Waals surface area contributed by atoms with E-state index in [2.05, 4.69) is 12.2 Å². The van der Waals surface area contributed by atoms with Gasteiger partial charge < -0.3 is 16.0 Å². The van der Waals surface area contributed by atoms with E-state index in [-0.39, 0.29) is 36.2 Å². The molecule has 3 rings (SSSR count). The third-order valence-electron chi connectivity index (χ3n) is 5.57. The molecular weight excluding hydrogens is 350 g/mol. The van der Waals surface area contributed by atoms with Gasteiger partial charge in [0.05, 0.1) is 11.3 Å². The Morgan fingerprint density at radius 3 is 2.50 bits per heavy atom. The van der Waals surface area contributed by atoms with E-state index in [0.29, 0.717) is 17.2 Å². The number of anilines is 1. The van der Waals surface area contributed by atoms with Crippen molar-refractivity contribution < 1.29 is 9.59 Å². The molecule has 1 heterocycles. The van der Waals surface area contributed by atoms with Crippen molar-refractivity contribution in [3.63, 3.8) is 0 Å². The summed E-state index contributed by atoms with van der Waals surface area (Å²) in [6.07, 6.45) is 5.67. The van der Waals surface area contributed by atoms with Gasteiger partial charge in [0.15, 0.2) is 0 Å². The minimum atomic E-state index is -0.0530. The van der Waals surface area contributed by atoms with E-state index >= 15 is 0 Å². The number of hydrogen-bond donors (Lipinski definition) is 2. The number of halogens is 1. The molecule has 3 N–H and O–H groups in total. The molecule has 2 unspecified atom stereocenters. The van der Waals surface area contributed by atoms with Gasteiger partial charge in [-0.15, -0.1) is 12.4 Å². The second kappa shape index (κ2) is 9.38. The van der Waals surface area contributed by atoms with Crippen LogP contribution in [-0.2, 0) is 4.79 Å². The van der Waals surface area contributed by atoms with Crippen LogP contribution in [0.3, 0.4) is 0 Å². The van der Waals surface area contributed by atoms with Crippen LogP contribution in [0.25, 0.3) is 0 Å². The summed E-state index contributed by atoms with van der Waals surface area (Å²) in [6.45, 7) is 3.81. The molecule has 0 spiro atoms. The Hall–Kier alpha value is -1.59. The molecule has 144 valence electrons. The van der Waals surface area contributed by atoms with E-state index in [1.807, 2.05) is 29.2 Å². The molecule has 0 bridgehead atoms. The summed E-state index contributed by atoms with van der Waals surface area (Å²) in [7, 11) is 0. The van der Waals surface area contributed by atoms with Gasteiger partial charge >= 0.3 is 0 Å². The maximum atomic E-state index is 12.9. The zero-order chi connectivity index (χ0) is 17.8. The fourth-order valence-electron chi connectivity index (χ4n) is 3.86. The normalized spacial score (nSPS) is 23.8. The van der Waals surface area contributed by atoms with Crippen LogP contribution in [0.2, 0.25) is 0 Å². The molecule has 5 nitrogen and oxygen atoms in total. The quantitative estimate of drug-likeness (QED) is 0.844. The highest BCUT2D eigenvalue weighted by Crippen LogP contribution is 2.26. The van der Waals surface area contributed by atoms with Crippen molar-refractivity contribution in [1.29, 1.82) is 0 Å². The van der Waals surface area contributed by atoms with Crippen LogP contribution >= 0.6 is 12.4 Å². The number of hydrogen-bond acceptors (Lipinski definition) is 3. The van der Waals surface area contributed by atoms with E-state index < -0.39 is 0 Å². The molecule has 1 aliphatic heterocycles. The number of amides is 2. The molecule has 1 saturated heterocycles. The van der Waals surface area contributed by atoms with E-state index in [0.717, 1.165) is 51.6 Å². The number of nitrogens with zero attached hydrogens (tertiary/aromatic N) is 1. The van der Waals surface area contributed by atoms with Crippen molar-refractivity contribution >= 4 is 29.9 Å². The molecule has 1 aromatic rings. The van der Waals surface area contributed by atoms with Gasteiger partial charge in [-0.2, -0.15) is 0 Å². The van der Waals surface area contributed by atoms with Crippen molar-refractivity contribution in [2.24, 2.45) is 17.6 Å². The highest BCUT2D eigenvalue weighted by Gasteiger charge is 2.27. The van der Waals surface area contributed by atoms with Crippen molar-refractivity contribution in [3.05, 3.63) is 29.8 Å². The zero-order valence-corrected chi connectivity index (χ0v) is 16.3. The second-order valence-corrected chi connectivity index (χ2v) is 7.63. The first-order valence-electron chi connectivity index (χ1n) is 9.49. The Morgan fingerprint density at radius 1 is 1.12 bits per heavy atom. The minimum absolute atomic E-state index is 0. The van der Waals surface area contributed by atoms with E-state index in [1.54, 1.807) is 0 Å². The molecular formula is C20H30ClN3O2. The maximum Gasteiger partial charge on any atom is 0.255 e. The first-order chi connectivity index (χ1) is 12.0. The Balaban J connectivity index is 0.00000243. The molecule has 2 atom stereocenters. The summed E-state index contributed by atoms with van der Waals surface area (Å²) in [6, 6.07) is 7.45. The van der Waals surface area contributed by atoms with Crippen LogP contribution < -0.4 is 11.1 Å². The van der Waals surface area contributed by atoms with Gasteiger partial charge in [-0.25, -0.2) is 0 Å². The zero-order valence-electron chi connectivity index (χ0n) is 15.4. The smallest absolute Gasteiger partial charge is 0.255 e. The number of likely N-dealkylation sites (tertiary alicyclic amines) is 1. The lowest BCUT2D eigenvalue weighted by Crippen LogP contribution is -2.38. The first kappa shape index (κ1) is 20.7. The predicted octanol–water partition coefficient (Wildman–Crippen LogP) is 3.44. The number of benzene rings is 1.